The smallest absolute Gasteiger partial charge is 0.242 e. The molecular weight excluding hydrogens is 366 g/mol. The van der Waals surface area contributed by atoms with Crippen molar-refractivity contribution in [1.82, 2.24) is 24.9 Å². The minimum Gasteiger partial charge on any atom is -0.310 e. The van der Waals surface area contributed by atoms with Crippen molar-refractivity contribution in [2.75, 3.05) is 23.7 Å². The molecule has 2 N–H and O–H groups in total. The van der Waals surface area contributed by atoms with E-state index in [1.807, 2.05) is 20.8 Å². The minimum absolute atomic E-state index is 0.0238. The van der Waals surface area contributed by atoms with E-state index in [1.165, 1.54) is 11.3 Å². The first kappa shape index (κ1) is 19.4. The average Bonchev–Trinajstić information content (AvgIpc) is 3.33. The second-order valence-corrected chi connectivity index (χ2v) is 7.80. The number of aromatic nitrogens is 4. The van der Waals surface area contributed by atoms with E-state index in [1.54, 1.807) is 22.5 Å². The first-order chi connectivity index (χ1) is 13.0. The lowest BCUT2D eigenvalue weighted by atomic mass is 9.95. The minimum atomic E-state index is -0.271. The van der Waals surface area contributed by atoms with Gasteiger partial charge in [-0.15, -0.1) is 10.2 Å². The van der Waals surface area contributed by atoms with Gasteiger partial charge in [-0.3, -0.25) is 14.5 Å². The Balaban J connectivity index is 1.50. The van der Waals surface area contributed by atoms with E-state index in [0.717, 1.165) is 0 Å². The standard InChI is InChI=1S/C17H25N7O2S/c1-11(2)24-14(4-7-19-24)20-15(25)12(3)23-8-5-13(6-9-23)16(26)21-17-22-18-10-27-17/h4,7,10-13H,5-6,8-9H2,1-3H3,(H,20,25)(H,21,22,26). The van der Waals surface area contributed by atoms with Gasteiger partial charge in [0.15, 0.2) is 0 Å². The Morgan fingerprint density at radius 2 is 1.96 bits per heavy atom. The van der Waals surface area contributed by atoms with Gasteiger partial charge in [-0.25, -0.2) is 4.68 Å². The Morgan fingerprint density at radius 1 is 1.22 bits per heavy atom. The fourth-order valence-electron chi connectivity index (χ4n) is 3.21. The molecule has 9 nitrogen and oxygen atoms in total. The Bertz CT molecular complexity index is 766. The summed E-state index contributed by atoms with van der Waals surface area (Å²) < 4.78 is 1.79. The number of nitrogens with zero attached hydrogens (tertiary/aromatic N) is 5. The number of hydrogen-bond acceptors (Lipinski definition) is 7. The number of nitrogens with one attached hydrogen (secondary N) is 2. The van der Waals surface area contributed by atoms with Gasteiger partial charge in [0.25, 0.3) is 0 Å². The number of hydrogen-bond donors (Lipinski definition) is 2. The molecule has 3 heterocycles. The van der Waals surface area contributed by atoms with Crippen LogP contribution in [-0.4, -0.2) is 55.8 Å². The zero-order valence-electron chi connectivity index (χ0n) is 15.8. The average molecular weight is 392 g/mol. The molecule has 146 valence electrons. The van der Waals surface area contributed by atoms with Gasteiger partial charge >= 0.3 is 0 Å². The molecule has 2 aromatic heterocycles. The second kappa shape index (κ2) is 8.57. The number of rotatable bonds is 6. The number of carbonyl (C=O) groups is 2. The van der Waals surface area contributed by atoms with E-state index in [0.29, 0.717) is 36.9 Å². The lowest BCUT2D eigenvalue weighted by Gasteiger charge is -2.34. The molecule has 1 fully saturated rings. The molecule has 1 unspecified atom stereocenters. The summed E-state index contributed by atoms with van der Waals surface area (Å²) in [7, 11) is 0. The van der Waals surface area contributed by atoms with E-state index in [-0.39, 0.29) is 29.8 Å². The Morgan fingerprint density at radius 3 is 2.59 bits per heavy atom. The normalized spacial score (nSPS) is 17.0. The summed E-state index contributed by atoms with van der Waals surface area (Å²) in [4.78, 5) is 27.0. The van der Waals surface area contributed by atoms with Gasteiger partial charge in [0.1, 0.15) is 11.3 Å². The predicted octanol–water partition coefficient (Wildman–Crippen LogP) is 1.99. The molecule has 1 aliphatic rings. The number of anilines is 2. The molecule has 10 heteroatoms. The largest absolute Gasteiger partial charge is 0.310 e. The summed E-state index contributed by atoms with van der Waals surface area (Å²) in [5, 5.41) is 18.1. The van der Waals surface area contributed by atoms with Crippen LogP contribution in [0, 0.1) is 5.92 Å². The number of carbonyl (C=O) groups excluding carboxylic acids is 2. The van der Waals surface area contributed by atoms with Crippen LogP contribution in [0.1, 0.15) is 39.7 Å². The maximum Gasteiger partial charge on any atom is 0.242 e. The Labute approximate surface area is 162 Å². The molecule has 2 aromatic rings. The highest BCUT2D eigenvalue weighted by Crippen LogP contribution is 2.22. The van der Waals surface area contributed by atoms with Gasteiger partial charge in [-0.1, -0.05) is 11.3 Å². The van der Waals surface area contributed by atoms with Crippen molar-refractivity contribution in [2.24, 2.45) is 5.92 Å². The van der Waals surface area contributed by atoms with E-state index < -0.39 is 0 Å². The molecule has 27 heavy (non-hydrogen) atoms. The molecule has 0 spiro atoms. The molecule has 0 bridgehead atoms. The molecule has 0 aliphatic carbocycles. The van der Waals surface area contributed by atoms with Crippen LogP contribution >= 0.6 is 11.3 Å². The first-order valence-electron chi connectivity index (χ1n) is 9.11. The van der Waals surface area contributed by atoms with E-state index in [4.69, 9.17) is 0 Å². The second-order valence-electron chi connectivity index (χ2n) is 6.96. The quantitative estimate of drug-likeness (QED) is 0.780. The van der Waals surface area contributed by atoms with Crippen molar-refractivity contribution < 1.29 is 9.59 Å². The number of likely N-dealkylation sites (tertiary alicyclic amines) is 1. The number of piperidine rings is 1. The van der Waals surface area contributed by atoms with Gasteiger partial charge in [-0.2, -0.15) is 5.10 Å². The molecule has 3 rings (SSSR count). The summed E-state index contributed by atoms with van der Waals surface area (Å²) in [5.74, 6) is 0.550. The number of amides is 2. The summed E-state index contributed by atoms with van der Waals surface area (Å²) in [6.45, 7) is 7.33. The van der Waals surface area contributed by atoms with Crippen molar-refractivity contribution in [3.05, 3.63) is 17.8 Å². The van der Waals surface area contributed by atoms with E-state index in [2.05, 4.69) is 30.8 Å². The molecule has 1 atom stereocenters. The maximum atomic E-state index is 12.6. The van der Waals surface area contributed by atoms with Crippen LogP contribution in [-0.2, 0) is 9.59 Å². The lowest BCUT2D eigenvalue weighted by Crippen LogP contribution is -2.47. The molecule has 0 radical (unpaired) electrons. The van der Waals surface area contributed by atoms with Crippen LogP contribution in [0.4, 0.5) is 10.9 Å². The Hall–Kier alpha value is -2.33. The van der Waals surface area contributed by atoms with Crippen LogP contribution in [0.15, 0.2) is 17.8 Å². The zero-order chi connectivity index (χ0) is 19.4. The highest BCUT2D eigenvalue weighted by Gasteiger charge is 2.30. The van der Waals surface area contributed by atoms with Gasteiger partial charge in [0, 0.05) is 18.0 Å². The first-order valence-corrected chi connectivity index (χ1v) is 9.99. The van der Waals surface area contributed by atoms with Crippen LogP contribution in [0.3, 0.4) is 0 Å². The zero-order valence-corrected chi connectivity index (χ0v) is 16.6. The Kier molecular flexibility index (Phi) is 6.17. The third kappa shape index (κ3) is 4.69. The van der Waals surface area contributed by atoms with Gasteiger partial charge in [0.05, 0.1) is 12.2 Å². The van der Waals surface area contributed by atoms with Crippen LogP contribution in [0.25, 0.3) is 0 Å². The topological polar surface area (TPSA) is 105 Å². The third-order valence-electron chi connectivity index (χ3n) is 4.83. The lowest BCUT2D eigenvalue weighted by molar-refractivity contribution is -0.123. The van der Waals surface area contributed by atoms with E-state index >= 15 is 0 Å². The maximum absolute atomic E-state index is 12.6. The molecule has 0 saturated carbocycles. The highest BCUT2D eigenvalue weighted by molar-refractivity contribution is 7.13. The molecular formula is C17H25N7O2S. The third-order valence-corrected chi connectivity index (χ3v) is 5.44. The monoisotopic (exact) mass is 391 g/mol. The van der Waals surface area contributed by atoms with Gasteiger partial charge in [-0.05, 0) is 46.7 Å². The van der Waals surface area contributed by atoms with Crippen molar-refractivity contribution in [3.63, 3.8) is 0 Å². The SMILES string of the molecule is CC(C(=O)Nc1ccnn1C(C)C)N1CCC(C(=O)Nc2nncs2)CC1. The fourth-order valence-corrected chi connectivity index (χ4v) is 3.65. The van der Waals surface area contributed by atoms with Crippen molar-refractivity contribution in [3.8, 4) is 0 Å². The highest BCUT2D eigenvalue weighted by atomic mass is 32.1. The molecule has 2 amide bonds. The predicted molar refractivity (Wildman–Crippen MR) is 104 cm³/mol. The van der Waals surface area contributed by atoms with Crippen molar-refractivity contribution in [2.45, 2.75) is 45.7 Å². The summed E-state index contributed by atoms with van der Waals surface area (Å²) in [5.41, 5.74) is 1.59. The van der Waals surface area contributed by atoms with Gasteiger partial charge < -0.3 is 10.6 Å². The molecule has 0 aromatic carbocycles. The van der Waals surface area contributed by atoms with Gasteiger partial charge in [0.2, 0.25) is 16.9 Å². The molecule has 1 aliphatic heterocycles. The van der Waals surface area contributed by atoms with Crippen molar-refractivity contribution in [1.29, 1.82) is 0 Å². The van der Waals surface area contributed by atoms with Crippen LogP contribution in [0.5, 0.6) is 0 Å². The summed E-state index contributed by atoms with van der Waals surface area (Å²) in [6, 6.07) is 1.70. The van der Waals surface area contributed by atoms with Crippen LogP contribution < -0.4 is 10.6 Å². The fraction of sp³-hybridized carbons (Fsp3) is 0.588. The summed E-state index contributed by atoms with van der Waals surface area (Å²) in [6.07, 6.45) is 3.11. The van der Waals surface area contributed by atoms with E-state index in [9.17, 15) is 9.59 Å². The molecule has 1 saturated heterocycles. The summed E-state index contributed by atoms with van der Waals surface area (Å²) >= 11 is 1.30. The van der Waals surface area contributed by atoms with Crippen molar-refractivity contribution >= 4 is 34.1 Å². The van der Waals surface area contributed by atoms with Crippen LogP contribution in [0.2, 0.25) is 0 Å².